The molecule has 2 aromatic heterocycles. The fourth-order valence-electron chi connectivity index (χ4n) is 3.76. The number of nitrogens with zero attached hydrogens (tertiary/aromatic N) is 4. The summed E-state index contributed by atoms with van der Waals surface area (Å²) in [6, 6.07) is 1.67. The molecule has 2 atom stereocenters. The fourth-order valence-corrected chi connectivity index (χ4v) is 4.55. The van der Waals surface area contributed by atoms with Crippen molar-refractivity contribution in [1.29, 1.82) is 0 Å². The predicted octanol–water partition coefficient (Wildman–Crippen LogP) is 2.97. The molecule has 2 aromatic rings. The molecule has 1 saturated heterocycles. The summed E-state index contributed by atoms with van der Waals surface area (Å²) in [5.41, 5.74) is 0.257. The second-order valence-electron chi connectivity index (χ2n) is 6.68. The maximum absolute atomic E-state index is 12.0. The van der Waals surface area contributed by atoms with E-state index in [4.69, 9.17) is 23.2 Å². The van der Waals surface area contributed by atoms with Crippen LogP contribution in [0.25, 0.3) is 11.0 Å². The summed E-state index contributed by atoms with van der Waals surface area (Å²) in [6.07, 6.45) is 4.76. The SMILES string of the molecule is CS(=O)(=O)c1nc(N2CC3CCC(C3)C2)c2cc(Cl)c(Cl)nc2n1. The predicted molar refractivity (Wildman–Crippen MR) is 93.5 cm³/mol. The lowest BCUT2D eigenvalue weighted by Gasteiger charge is -2.33. The molecule has 128 valence electrons. The smallest absolute Gasteiger partial charge is 0.250 e. The molecule has 1 aliphatic heterocycles. The van der Waals surface area contributed by atoms with Gasteiger partial charge in [0.05, 0.1) is 10.4 Å². The number of hydrogen-bond donors (Lipinski definition) is 0. The minimum Gasteiger partial charge on any atom is -0.355 e. The van der Waals surface area contributed by atoms with Crippen molar-refractivity contribution in [3.63, 3.8) is 0 Å². The highest BCUT2D eigenvalue weighted by Gasteiger charge is 2.34. The van der Waals surface area contributed by atoms with Crippen molar-refractivity contribution in [3.05, 3.63) is 16.2 Å². The van der Waals surface area contributed by atoms with Gasteiger partial charge >= 0.3 is 0 Å². The van der Waals surface area contributed by atoms with E-state index >= 15 is 0 Å². The van der Waals surface area contributed by atoms with Gasteiger partial charge in [0.1, 0.15) is 11.0 Å². The van der Waals surface area contributed by atoms with Crippen LogP contribution in [0.1, 0.15) is 19.3 Å². The van der Waals surface area contributed by atoms with Crippen molar-refractivity contribution in [2.45, 2.75) is 24.4 Å². The van der Waals surface area contributed by atoms with Gasteiger partial charge in [-0.05, 0) is 37.2 Å². The molecule has 1 saturated carbocycles. The molecule has 3 heterocycles. The zero-order valence-electron chi connectivity index (χ0n) is 13.0. The lowest BCUT2D eigenvalue weighted by atomic mass is 9.99. The average Bonchev–Trinajstić information content (AvgIpc) is 2.85. The van der Waals surface area contributed by atoms with E-state index in [1.54, 1.807) is 6.07 Å². The van der Waals surface area contributed by atoms with Gasteiger partial charge in [-0.3, -0.25) is 0 Å². The Bertz CT molecular complexity index is 923. The number of aromatic nitrogens is 3. The van der Waals surface area contributed by atoms with E-state index in [0.717, 1.165) is 19.3 Å². The summed E-state index contributed by atoms with van der Waals surface area (Å²) in [7, 11) is -3.55. The van der Waals surface area contributed by atoms with E-state index in [0.29, 0.717) is 28.1 Å². The van der Waals surface area contributed by atoms with Gasteiger partial charge in [0.2, 0.25) is 9.84 Å². The second kappa shape index (κ2) is 5.68. The standard InChI is InChI=1S/C15H16Cl2N4O2S/c1-24(22,23)15-19-13-10(5-11(16)12(17)18-13)14(20-15)21-6-8-2-3-9(4-8)7-21/h5,8-9H,2-4,6-7H2,1H3. The van der Waals surface area contributed by atoms with Crippen LogP contribution < -0.4 is 4.90 Å². The number of piperidine rings is 1. The topological polar surface area (TPSA) is 76.1 Å². The van der Waals surface area contributed by atoms with Gasteiger partial charge in [-0.15, -0.1) is 0 Å². The lowest BCUT2D eigenvalue weighted by Crippen LogP contribution is -2.37. The van der Waals surface area contributed by atoms with Gasteiger partial charge in [-0.25, -0.2) is 18.4 Å². The van der Waals surface area contributed by atoms with Gasteiger partial charge in [-0.2, -0.15) is 4.98 Å². The first-order valence-electron chi connectivity index (χ1n) is 7.80. The minimum atomic E-state index is -3.55. The fraction of sp³-hybridized carbons (Fsp3) is 0.533. The Morgan fingerprint density at radius 3 is 2.42 bits per heavy atom. The van der Waals surface area contributed by atoms with Crippen molar-refractivity contribution in [2.75, 3.05) is 24.2 Å². The highest BCUT2D eigenvalue weighted by atomic mass is 35.5. The van der Waals surface area contributed by atoms with Crippen LogP contribution in [0.3, 0.4) is 0 Å². The zero-order chi connectivity index (χ0) is 17.1. The molecule has 0 N–H and O–H groups in total. The molecular weight excluding hydrogens is 371 g/mol. The number of anilines is 1. The molecule has 0 radical (unpaired) electrons. The van der Waals surface area contributed by atoms with Crippen LogP contribution in [0.5, 0.6) is 0 Å². The maximum Gasteiger partial charge on any atom is 0.250 e. The molecule has 9 heteroatoms. The normalized spacial score (nSPS) is 23.9. The van der Waals surface area contributed by atoms with Gasteiger partial charge in [0, 0.05) is 19.3 Å². The monoisotopic (exact) mass is 386 g/mol. The molecule has 0 amide bonds. The highest BCUT2D eigenvalue weighted by molar-refractivity contribution is 7.90. The van der Waals surface area contributed by atoms with Crippen LogP contribution in [0.2, 0.25) is 10.2 Å². The molecular formula is C15H16Cl2N4O2S. The summed E-state index contributed by atoms with van der Waals surface area (Å²) < 4.78 is 23.9. The summed E-state index contributed by atoms with van der Waals surface area (Å²) in [6.45, 7) is 1.73. The number of halogens is 2. The van der Waals surface area contributed by atoms with Crippen LogP contribution in [0.15, 0.2) is 11.2 Å². The average molecular weight is 387 g/mol. The summed E-state index contributed by atoms with van der Waals surface area (Å²) in [5.74, 6) is 1.85. The van der Waals surface area contributed by atoms with E-state index in [1.807, 2.05) is 0 Å². The number of sulfone groups is 1. The van der Waals surface area contributed by atoms with Crippen LogP contribution >= 0.6 is 23.2 Å². The molecule has 2 fully saturated rings. The molecule has 24 heavy (non-hydrogen) atoms. The minimum absolute atomic E-state index is 0.104. The Hall–Kier alpha value is -1.18. The van der Waals surface area contributed by atoms with Crippen molar-refractivity contribution < 1.29 is 8.42 Å². The lowest BCUT2D eigenvalue weighted by molar-refractivity contribution is 0.419. The largest absolute Gasteiger partial charge is 0.355 e. The van der Waals surface area contributed by atoms with Gasteiger partial charge in [-0.1, -0.05) is 23.2 Å². The highest BCUT2D eigenvalue weighted by Crippen LogP contribution is 2.39. The Morgan fingerprint density at radius 1 is 1.12 bits per heavy atom. The molecule has 0 aromatic carbocycles. The van der Waals surface area contributed by atoms with Crippen LogP contribution in [-0.2, 0) is 9.84 Å². The van der Waals surface area contributed by atoms with Crippen molar-refractivity contribution in [1.82, 2.24) is 15.0 Å². The quantitative estimate of drug-likeness (QED) is 0.583. The van der Waals surface area contributed by atoms with E-state index < -0.39 is 9.84 Å². The third-order valence-corrected chi connectivity index (χ3v) is 6.31. The van der Waals surface area contributed by atoms with E-state index in [-0.39, 0.29) is 16.0 Å². The first kappa shape index (κ1) is 16.3. The zero-order valence-corrected chi connectivity index (χ0v) is 15.4. The van der Waals surface area contributed by atoms with Crippen LogP contribution in [-0.4, -0.2) is 42.7 Å². The Morgan fingerprint density at radius 2 is 1.79 bits per heavy atom. The van der Waals surface area contributed by atoms with Gasteiger partial charge in [0.25, 0.3) is 5.16 Å². The summed E-state index contributed by atoms with van der Waals surface area (Å²) >= 11 is 12.1. The van der Waals surface area contributed by atoms with E-state index in [1.165, 1.54) is 19.3 Å². The first-order valence-corrected chi connectivity index (χ1v) is 10.4. The van der Waals surface area contributed by atoms with Crippen molar-refractivity contribution in [3.8, 4) is 0 Å². The van der Waals surface area contributed by atoms with Gasteiger partial charge in [0.15, 0.2) is 5.65 Å². The Labute approximate surface area is 150 Å². The maximum atomic E-state index is 12.0. The Kier molecular flexibility index (Phi) is 3.85. The molecule has 2 aliphatic rings. The van der Waals surface area contributed by atoms with E-state index in [9.17, 15) is 8.42 Å². The molecule has 6 nitrogen and oxygen atoms in total. The number of hydrogen-bond acceptors (Lipinski definition) is 6. The second-order valence-corrected chi connectivity index (χ2v) is 9.36. The number of rotatable bonds is 2. The molecule has 0 spiro atoms. The third-order valence-electron chi connectivity index (χ3n) is 4.80. The first-order chi connectivity index (χ1) is 11.3. The Balaban J connectivity index is 1.93. The number of pyridine rings is 1. The van der Waals surface area contributed by atoms with Gasteiger partial charge < -0.3 is 4.90 Å². The molecule has 2 bridgehead atoms. The van der Waals surface area contributed by atoms with Crippen molar-refractivity contribution >= 4 is 49.9 Å². The summed E-state index contributed by atoms with van der Waals surface area (Å²) in [4.78, 5) is 14.7. The molecule has 2 unspecified atom stereocenters. The number of fused-ring (bicyclic) bond motifs is 3. The molecule has 4 rings (SSSR count). The van der Waals surface area contributed by atoms with E-state index in [2.05, 4.69) is 19.9 Å². The van der Waals surface area contributed by atoms with Crippen LogP contribution in [0, 0.1) is 11.8 Å². The molecule has 1 aliphatic carbocycles. The van der Waals surface area contributed by atoms with Crippen LogP contribution in [0.4, 0.5) is 5.82 Å². The third kappa shape index (κ3) is 2.82. The summed E-state index contributed by atoms with van der Waals surface area (Å²) in [5, 5.41) is 0.819. The van der Waals surface area contributed by atoms with Crippen molar-refractivity contribution in [2.24, 2.45) is 11.8 Å².